The van der Waals surface area contributed by atoms with Crippen LogP contribution in [0.5, 0.6) is 5.75 Å². The number of piperidine rings is 1. The highest BCUT2D eigenvalue weighted by Crippen LogP contribution is 2.11. The Hall–Kier alpha value is -0.980. The van der Waals surface area contributed by atoms with E-state index in [9.17, 15) is 0 Å². The molecule has 1 fully saturated rings. The van der Waals surface area contributed by atoms with Crippen LogP contribution in [-0.2, 0) is 0 Å². The van der Waals surface area contributed by atoms with Gasteiger partial charge in [-0.1, -0.05) is 18.2 Å². The number of hydrogen-bond donors (Lipinski definition) is 1. The molecule has 0 aliphatic carbocycles. The molecule has 1 aliphatic heterocycles. The predicted octanol–water partition coefficient (Wildman–Crippen LogP) is 2.87. The summed E-state index contributed by atoms with van der Waals surface area (Å²) >= 11 is 0. The number of ether oxygens (including phenoxy) is 1. The largest absolute Gasteiger partial charge is 0.489 e. The van der Waals surface area contributed by atoms with Gasteiger partial charge in [0.05, 0.1) is 6.54 Å². The van der Waals surface area contributed by atoms with Gasteiger partial charge in [0.2, 0.25) is 0 Å². The minimum Gasteiger partial charge on any atom is -0.489 e. The molecule has 1 saturated heterocycles. The minimum atomic E-state index is 0. The molecule has 5 heteroatoms. The Morgan fingerprint density at radius 2 is 1.90 bits per heavy atom. The maximum absolute atomic E-state index is 6.01. The third kappa shape index (κ3) is 5.56. The first kappa shape index (κ1) is 17.1. The Morgan fingerprint density at radius 1 is 1.25 bits per heavy atom. The lowest BCUT2D eigenvalue weighted by Gasteiger charge is -2.27. The third-order valence-corrected chi connectivity index (χ3v) is 3.27. The molecule has 1 atom stereocenters. The van der Waals surface area contributed by atoms with Gasteiger partial charge >= 0.3 is 0 Å². The van der Waals surface area contributed by atoms with E-state index in [1.807, 2.05) is 37.3 Å². The van der Waals surface area contributed by atoms with Gasteiger partial charge in [0.25, 0.3) is 0 Å². The fourth-order valence-corrected chi connectivity index (χ4v) is 2.21. The molecule has 112 valence electrons. The van der Waals surface area contributed by atoms with Crippen molar-refractivity contribution in [1.82, 2.24) is 4.90 Å². The normalized spacial score (nSPS) is 17.2. The molecule has 4 nitrogen and oxygen atoms in total. The van der Waals surface area contributed by atoms with Gasteiger partial charge < -0.3 is 15.4 Å². The van der Waals surface area contributed by atoms with E-state index < -0.39 is 0 Å². The minimum absolute atomic E-state index is 0. The summed E-state index contributed by atoms with van der Waals surface area (Å²) in [5.74, 6) is 1.53. The van der Waals surface area contributed by atoms with Crippen molar-refractivity contribution in [2.45, 2.75) is 32.3 Å². The Kier molecular flexibility index (Phi) is 7.72. The van der Waals surface area contributed by atoms with Crippen LogP contribution in [0.2, 0.25) is 0 Å². The molecule has 0 aromatic heterocycles. The molecule has 0 radical (unpaired) electrons. The van der Waals surface area contributed by atoms with Crippen molar-refractivity contribution in [2.75, 3.05) is 19.6 Å². The number of likely N-dealkylation sites (tertiary alicyclic amines) is 1. The van der Waals surface area contributed by atoms with Crippen LogP contribution in [0.25, 0.3) is 0 Å². The maximum atomic E-state index is 6.01. The Morgan fingerprint density at radius 3 is 2.55 bits per heavy atom. The molecule has 1 aliphatic rings. The number of aliphatic imine (C=N–C) groups is 1. The Labute approximate surface area is 138 Å². The van der Waals surface area contributed by atoms with E-state index in [1.54, 1.807) is 0 Å². The van der Waals surface area contributed by atoms with Gasteiger partial charge in [-0.3, -0.25) is 0 Å². The van der Waals surface area contributed by atoms with Crippen LogP contribution in [0.15, 0.2) is 35.3 Å². The average Bonchev–Trinajstić information content (AvgIpc) is 2.47. The van der Waals surface area contributed by atoms with E-state index in [0.29, 0.717) is 12.5 Å². The monoisotopic (exact) mass is 389 g/mol. The van der Waals surface area contributed by atoms with Gasteiger partial charge in [0.15, 0.2) is 5.96 Å². The summed E-state index contributed by atoms with van der Waals surface area (Å²) in [5.41, 5.74) is 6.01. The topological polar surface area (TPSA) is 50.8 Å². The first-order chi connectivity index (χ1) is 9.25. The second kappa shape index (κ2) is 9.05. The summed E-state index contributed by atoms with van der Waals surface area (Å²) in [6.45, 7) is 4.67. The standard InChI is InChI=1S/C15H23N3O.HI/c1-13(19-14-8-4-2-5-9-14)12-17-15(16)18-10-6-3-7-11-18;/h2,4-5,8-9,13H,3,6-7,10-12H2,1H3,(H2,16,17);1H. The molecule has 0 saturated carbocycles. The fourth-order valence-electron chi connectivity index (χ4n) is 2.21. The van der Waals surface area contributed by atoms with E-state index in [-0.39, 0.29) is 30.1 Å². The molecule has 0 bridgehead atoms. The molecule has 0 amide bonds. The Bertz CT molecular complexity index is 405. The summed E-state index contributed by atoms with van der Waals surface area (Å²) in [4.78, 5) is 6.60. The van der Waals surface area contributed by atoms with Crippen molar-refractivity contribution in [3.63, 3.8) is 0 Å². The zero-order valence-electron chi connectivity index (χ0n) is 12.0. The number of benzene rings is 1. The summed E-state index contributed by atoms with van der Waals surface area (Å²) in [5, 5.41) is 0. The first-order valence-electron chi connectivity index (χ1n) is 7.02. The lowest BCUT2D eigenvalue weighted by Crippen LogP contribution is -2.41. The number of rotatable bonds is 4. The predicted molar refractivity (Wildman–Crippen MR) is 93.9 cm³/mol. The fraction of sp³-hybridized carbons (Fsp3) is 0.533. The number of halogens is 1. The molecule has 1 heterocycles. The van der Waals surface area contributed by atoms with Crippen LogP contribution in [-0.4, -0.2) is 36.6 Å². The van der Waals surface area contributed by atoms with E-state index in [1.165, 1.54) is 19.3 Å². The van der Waals surface area contributed by atoms with Crippen LogP contribution in [0, 0.1) is 0 Å². The third-order valence-electron chi connectivity index (χ3n) is 3.27. The molecule has 1 aromatic rings. The van der Waals surface area contributed by atoms with E-state index in [2.05, 4.69) is 9.89 Å². The van der Waals surface area contributed by atoms with Crippen molar-refractivity contribution < 1.29 is 4.74 Å². The van der Waals surface area contributed by atoms with Gasteiger partial charge in [-0.15, -0.1) is 24.0 Å². The molecular weight excluding hydrogens is 365 g/mol. The number of guanidine groups is 1. The van der Waals surface area contributed by atoms with Crippen LogP contribution >= 0.6 is 24.0 Å². The van der Waals surface area contributed by atoms with Crippen LogP contribution in [0.1, 0.15) is 26.2 Å². The molecule has 1 aromatic carbocycles. The summed E-state index contributed by atoms with van der Waals surface area (Å²) in [6.07, 6.45) is 3.77. The van der Waals surface area contributed by atoms with Gasteiger partial charge in [0.1, 0.15) is 11.9 Å². The maximum Gasteiger partial charge on any atom is 0.191 e. The lowest BCUT2D eigenvalue weighted by atomic mass is 10.1. The Balaban J connectivity index is 0.00000200. The molecule has 2 rings (SSSR count). The smallest absolute Gasteiger partial charge is 0.191 e. The SMILES string of the molecule is CC(CN=C(N)N1CCCCC1)Oc1ccccc1.I. The number of hydrogen-bond acceptors (Lipinski definition) is 2. The average molecular weight is 389 g/mol. The number of nitrogens with two attached hydrogens (primary N) is 1. The molecule has 1 unspecified atom stereocenters. The van der Waals surface area contributed by atoms with E-state index >= 15 is 0 Å². The van der Waals surface area contributed by atoms with Gasteiger partial charge in [-0.2, -0.15) is 0 Å². The van der Waals surface area contributed by atoms with E-state index in [0.717, 1.165) is 18.8 Å². The van der Waals surface area contributed by atoms with Crippen LogP contribution < -0.4 is 10.5 Å². The van der Waals surface area contributed by atoms with Crippen molar-refractivity contribution in [1.29, 1.82) is 0 Å². The zero-order chi connectivity index (χ0) is 13.5. The molecule has 2 N–H and O–H groups in total. The summed E-state index contributed by atoms with van der Waals surface area (Å²) in [6, 6.07) is 9.81. The molecule has 20 heavy (non-hydrogen) atoms. The zero-order valence-corrected chi connectivity index (χ0v) is 14.3. The van der Waals surface area contributed by atoms with Crippen molar-refractivity contribution in [3.05, 3.63) is 30.3 Å². The van der Waals surface area contributed by atoms with Crippen LogP contribution in [0.3, 0.4) is 0 Å². The number of nitrogens with zero attached hydrogens (tertiary/aromatic N) is 2. The van der Waals surface area contributed by atoms with Crippen molar-refractivity contribution >= 4 is 29.9 Å². The summed E-state index contributed by atoms with van der Waals surface area (Å²) in [7, 11) is 0. The van der Waals surface area contributed by atoms with Gasteiger partial charge in [0, 0.05) is 13.1 Å². The second-order valence-electron chi connectivity index (χ2n) is 4.99. The quantitative estimate of drug-likeness (QED) is 0.490. The first-order valence-corrected chi connectivity index (χ1v) is 7.02. The molecular formula is C15H24IN3O. The highest BCUT2D eigenvalue weighted by Gasteiger charge is 2.12. The molecule has 0 spiro atoms. The van der Waals surface area contributed by atoms with Gasteiger partial charge in [-0.05, 0) is 38.3 Å². The highest BCUT2D eigenvalue weighted by atomic mass is 127. The number of para-hydroxylation sites is 1. The van der Waals surface area contributed by atoms with Gasteiger partial charge in [-0.25, -0.2) is 4.99 Å². The van der Waals surface area contributed by atoms with Crippen molar-refractivity contribution in [2.24, 2.45) is 10.7 Å². The lowest BCUT2D eigenvalue weighted by molar-refractivity contribution is 0.229. The second-order valence-corrected chi connectivity index (χ2v) is 4.99. The summed E-state index contributed by atoms with van der Waals surface area (Å²) < 4.78 is 5.77. The van der Waals surface area contributed by atoms with E-state index in [4.69, 9.17) is 10.5 Å². The highest BCUT2D eigenvalue weighted by molar-refractivity contribution is 14.0. The van der Waals surface area contributed by atoms with Crippen molar-refractivity contribution in [3.8, 4) is 5.75 Å². The van der Waals surface area contributed by atoms with Crippen LogP contribution in [0.4, 0.5) is 0 Å².